The van der Waals surface area contributed by atoms with Crippen molar-refractivity contribution in [3.63, 3.8) is 0 Å². The lowest BCUT2D eigenvalue weighted by molar-refractivity contribution is 0.907. The molecule has 6 heteroatoms. The first-order valence-corrected chi connectivity index (χ1v) is 7.21. The number of nitrogens with zero attached hydrogens (tertiary/aromatic N) is 3. The molecule has 0 bridgehead atoms. The molecule has 0 aliphatic heterocycles. The summed E-state index contributed by atoms with van der Waals surface area (Å²) in [6.45, 7) is 0. The Morgan fingerprint density at radius 2 is 2.10 bits per heavy atom. The highest BCUT2D eigenvalue weighted by Gasteiger charge is 2.04. The van der Waals surface area contributed by atoms with Crippen LogP contribution in [0.25, 0.3) is 10.2 Å². The average Bonchev–Trinajstić information content (AvgIpc) is 2.87. The lowest BCUT2D eigenvalue weighted by Crippen LogP contribution is -1.99. The molecule has 5 nitrogen and oxygen atoms in total. The van der Waals surface area contributed by atoms with Crippen molar-refractivity contribution in [2.45, 2.75) is 12.8 Å². The molecule has 1 aromatic carbocycles. The zero-order chi connectivity index (χ0) is 13.9. The summed E-state index contributed by atoms with van der Waals surface area (Å²) in [5, 5.41) is 4.02. The van der Waals surface area contributed by atoms with Crippen LogP contribution in [0.4, 0.5) is 11.1 Å². The summed E-state index contributed by atoms with van der Waals surface area (Å²) in [5.74, 6) is 0.332. The van der Waals surface area contributed by atoms with Crippen molar-refractivity contribution in [3.8, 4) is 0 Å². The zero-order valence-electron chi connectivity index (χ0n) is 11.1. The summed E-state index contributed by atoms with van der Waals surface area (Å²) in [6.07, 6.45) is 3.48. The molecule has 20 heavy (non-hydrogen) atoms. The van der Waals surface area contributed by atoms with Crippen LogP contribution >= 0.6 is 11.3 Å². The van der Waals surface area contributed by atoms with Crippen LogP contribution in [0.1, 0.15) is 11.3 Å². The number of anilines is 2. The number of benzene rings is 1. The van der Waals surface area contributed by atoms with E-state index in [1.807, 2.05) is 13.1 Å². The molecule has 3 N–H and O–H groups in total. The third-order valence-electron chi connectivity index (χ3n) is 3.07. The van der Waals surface area contributed by atoms with E-state index in [0.29, 0.717) is 5.95 Å². The minimum atomic E-state index is 0.332. The highest BCUT2D eigenvalue weighted by Crippen LogP contribution is 2.26. The highest BCUT2D eigenvalue weighted by atomic mass is 32.1. The van der Waals surface area contributed by atoms with Crippen molar-refractivity contribution in [3.05, 3.63) is 41.7 Å². The number of aromatic nitrogens is 3. The maximum absolute atomic E-state index is 5.58. The highest BCUT2D eigenvalue weighted by molar-refractivity contribution is 7.22. The van der Waals surface area contributed by atoms with E-state index in [1.54, 1.807) is 17.5 Å². The predicted molar refractivity (Wildman–Crippen MR) is 83.0 cm³/mol. The van der Waals surface area contributed by atoms with Gasteiger partial charge in [0.2, 0.25) is 5.95 Å². The first-order valence-electron chi connectivity index (χ1n) is 6.39. The van der Waals surface area contributed by atoms with E-state index in [4.69, 9.17) is 5.73 Å². The fraction of sp³-hybridized carbons (Fsp3) is 0.214. The van der Waals surface area contributed by atoms with Gasteiger partial charge < -0.3 is 11.1 Å². The van der Waals surface area contributed by atoms with Gasteiger partial charge in [-0.2, -0.15) is 0 Å². The van der Waals surface area contributed by atoms with Crippen LogP contribution in [-0.2, 0) is 12.8 Å². The van der Waals surface area contributed by atoms with E-state index >= 15 is 0 Å². The fourth-order valence-electron chi connectivity index (χ4n) is 2.06. The molecule has 3 rings (SSSR count). The lowest BCUT2D eigenvalue weighted by atomic mass is 10.1. The van der Waals surface area contributed by atoms with Gasteiger partial charge in [-0.15, -0.1) is 0 Å². The van der Waals surface area contributed by atoms with Gasteiger partial charge in [-0.25, -0.2) is 15.0 Å². The van der Waals surface area contributed by atoms with Gasteiger partial charge in [0.05, 0.1) is 10.2 Å². The Labute approximate surface area is 120 Å². The Balaban J connectivity index is 1.77. The molecule has 0 radical (unpaired) electrons. The molecule has 0 fully saturated rings. The SMILES string of the molecule is CNc1nc2ccc(CCc3ccnc(N)n3)cc2s1. The van der Waals surface area contributed by atoms with Gasteiger partial charge >= 0.3 is 0 Å². The summed E-state index contributed by atoms with van der Waals surface area (Å²) in [6, 6.07) is 8.28. The Morgan fingerprint density at radius 3 is 2.90 bits per heavy atom. The van der Waals surface area contributed by atoms with E-state index in [9.17, 15) is 0 Å². The maximum Gasteiger partial charge on any atom is 0.220 e. The molecule has 102 valence electrons. The summed E-state index contributed by atoms with van der Waals surface area (Å²) >= 11 is 1.67. The average molecular weight is 285 g/mol. The van der Waals surface area contributed by atoms with Crippen LogP contribution in [0.2, 0.25) is 0 Å². The molecule has 3 aromatic rings. The quantitative estimate of drug-likeness (QED) is 0.770. The number of nitrogen functional groups attached to an aromatic ring is 1. The number of nitrogens with two attached hydrogens (primary N) is 1. The standard InChI is InChI=1S/C14H15N5S/c1-16-14-19-11-5-3-9(8-12(11)20-14)2-4-10-6-7-17-13(15)18-10/h3,5-8H,2,4H2,1H3,(H,16,19)(H2,15,17,18). The Bertz CT molecular complexity index is 737. The number of thiazole rings is 1. The minimum absolute atomic E-state index is 0.332. The Hall–Kier alpha value is -2.21. The van der Waals surface area contributed by atoms with Crippen molar-refractivity contribution in [2.24, 2.45) is 0 Å². The molecule has 2 heterocycles. The number of fused-ring (bicyclic) bond motifs is 1. The second-order valence-electron chi connectivity index (χ2n) is 4.48. The number of hydrogen-bond donors (Lipinski definition) is 2. The van der Waals surface area contributed by atoms with Crippen molar-refractivity contribution in [2.75, 3.05) is 18.1 Å². The van der Waals surface area contributed by atoms with Gasteiger partial charge in [-0.05, 0) is 36.6 Å². The Morgan fingerprint density at radius 1 is 1.20 bits per heavy atom. The van der Waals surface area contributed by atoms with Gasteiger partial charge in [0.25, 0.3) is 0 Å². The molecular formula is C14H15N5S. The molecular weight excluding hydrogens is 270 g/mol. The minimum Gasteiger partial charge on any atom is -0.368 e. The number of aryl methyl sites for hydroxylation is 2. The maximum atomic E-state index is 5.58. The van der Waals surface area contributed by atoms with Crippen LogP contribution in [0, 0.1) is 0 Å². The molecule has 0 aliphatic carbocycles. The van der Waals surface area contributed by atoms with Crippen LogP contribution < -0.4 is 11.1 Å². The number of hydrogen-bond acceptors (Lipinski definition) is 6. The van der Waals surface area contributed by atoms with E-state index < -0.39 is 0 Å². The first kappa shape index (κ1) is 12.8. The molecule has 0 saturated heterocycles. The van der Waals surface area contributed by atoms with Crippen molar-refractivity contribution in [1.82, 2.24) is 15.0 Å². The van der Waals surface area contributed by atoms with Crippen molar-refractivity contribution < 1.29 is 0 Å². The van der Waals surface area contributed by atoms with Crippen LogP contribution in [0.15, 0.2) is 30.5 Å². The zero-order valence-corrected chi connectivity index (χ0v) is 11.9. The lowest BCUT2D eigenvalue weighted by Gasteiger charge is -2.02. The molecule has 2 aromatic heterocycles. The number of nitrogens with one attached hydrogen (secondary N) is 1. The molecule has 0 spiro atoms. The summed E-state index contributed by atoms with van der Waals surface area (Å²) in [7, 11) is 1.89. The van der Waals surface area contributed by atoms with Gasteiger partial charge in [0.1, 0.15) is 0 Å². The van der Waals surface area contributed by atoms with E-state index in [0.717, 1.165) is 29.2 Å². The summed E-state index contributed by atoms with van der Waals surface area (Å²) < 4.78 is 1.20. The van der Waals surface area contributed by atoms with Crippen LogP contribution in [-0.4, -0.2) is 22.0 Å². The predicted octanol–water partition coefficient (Wildman–Crippen LogP) is 2.50. The third kappa shape index (κ3) is 2.70. The molecule has 0 amide bonds. The topological polar surface area (TPSA) is 76.7 Å². The van der Waals surface area contributed by atoms with Gasteiger partial charge in [0.15, 0.2) is 5.13 Å². The van der Waals surface area contributed by atoms with E-state index in [2.05, 4.69) is 38.5 Å². The Kier molecular flexibility index (Phi) is 3.47. The summed E-state index contributed by atoms with van der Waals surface area (Å²) in [5.41, 5.74) is 8.87. The molecule has 0 aliphatic rings. The van der Waals surface area contributed by atoms with Crippen LogP contribution in [0.3, 0.4) is 0 Å². The second-order valence-corrected chi connectivity index (χ2v) is 5.51. The third-order valence-corrected chi connectivity index (χ3v) is 4.10. The second kappa shape index (κ2) is 5.42. The normalized spacial score (nSPS) is 10.8. The number of rotatable bonds is 4. The van der Waals surface area contributed by atoms with E-state index in [1.165, 1.54) is 10.3 Å². The molecule has 0 atom stereocenters. The van der Waals surface area contributed by atoms with Crippen molar-refractivity contribution >= 4 is 32.6 Å². The van der Waals surface area contributed by atoms with Crippen molar-refractivity contribution in [1.29, 1.82) is 0 Å². The monoisotopic (exact) mass is 285 g/mol. The first-order chi connectivity index (χ1) is 9.74. The molecule has 0 saturated carbocycles. The van der Waals surface area contributed by atoms with Crippen LogP contribution in [0.5, 0.6) is 0 Å². The summed E-state index contributed by atoms with van der Waals surface area (Å²) in [4.78, 5) is 12.6. The molecule has 0 unspecified atom stereocenters. The smallest absolute Gasteiger partial charge is 0.220 e. The van der Waals surface area contributed by atoms with Gasteiger partial charge in [0, 0.05) is 18.9 Å². The van der Waals surface area contributed by atoms with Gasteiger partial charge in [-0.3, -0.25) is 0 Å². The van der Waals surface area contributed by atoms with Gasteiger partial charge in [-0.1, -0.05) is 17.4 Å². The van der Waals surface area contributed by atoms with E-state index in [-0.39, 0.29) is 0 Å². The largest absolute Gasteiger partial charge is 0.368 e. The fourth-order valence-corrected chi connectivity index (χ4v) is 2.94.